The average Bonchev–Trinajstić information content (AvgIpc) is 2.43. The number of imide groups is 1. The van der Waals surface area contributed by atoms with E-state index in [4.69, 9.17) is 0 Å². The molecule has 1 heterocycles. The molecule has 2 unspecified atom stereocenters. The van der Waals surface area contributed by atoms with E-state index < -0.39 is 0 Å². The van der Waals surface area contributed by atoms with Crippen molar-refractivity contribution in [1.29, 1.82) is 0 Å². The molecule has 0 N–H and O–H groups in total. The van der Waals surface area contributed by atoms with Gasteiger partial charge in [0.05, 0.1) is 11.3 Å². The molecule has 1 aliphatic heterocycles. The second-order valence-electron chi connectivity index (χ2n) is 4.91. The number of nitrogens with zero attached hydrogens (tertiary/aromatic N) is 1. The zero-order chi connectivity index (χ0) is 11.1. The number of carbonyl (C=O) groups is 2. The normalized spacial score (nSPS) is 35.9. The first-order chi connectivity index (χ1) is 7.13. The molecule has 1 saturated heterocycles. The van der Waals surface area contributed by atoms with Crippen molar-refractivity contribution >= 4 is 11.8 Å². The highest BCUT2D eigenvalue weighted by Crippen LogP contribution is 2.50. The summed E-state index contributed by atoms with van der Waals surface area (Å²) in [5.41, 5.74) is -0.321. The molecular weight excluding hydrogens is 190 g/mol. The van der Waals surface area contributed by atoms with Crippen LogP contribution in [0.25, 0.3) is 0 Å². The molecule has 2 atom stereocenters. The van der Waals surface area contributed by atoms with E-state index in [1.807, 2.05) is 0 Å². The van der Waals surface area contributed by atoms with Crippen LogP contribution in [0.1, 0.15) is 45.4 Å². The first-order valence-electron chi connectivity index (χ1n) is 5.95. The molecule has 1 aliphatic carbocycles. The van der Waals surface area contributed by atoms with Crippen molar-refractivity contribution in [3.05, 3.63) is 0 Å². The number of carbonyl (C=O) groups excluding carboxylic acids is 2. The lowest BCUT2D eigenvalue weighted by atomic mass is 9.65. The van der Waals surface area contributed by atoms with Crippen molar-refractivity contribution in [1.82, 2.24) is 4.90 Å². The summed E-state index contributed by atoms with van der Waals surface area (Å²) in [6.45, 7) is 2.09. The van der Waals surface area contributed by atoms with Crippen LogP contribution in [0, 0.1) is 11.3 Å². The highest BCUT2D eigenvalue weighted by Gasteiger charge is 2.57. The van der Waals surface area contributed by atoms with Crippen molar-refractivity contribution in [2.75, 3.05) is 7.05 Å². The van der Waals surface area contributed by atoms with Crippen molar-refractivity contribution in [2.24, 2.45) is 11.3 Å². The maximum Gasteiger partial charge on any atom is 0.235 e. The smallest absolute Gasteiger partial charge is 0.235 e. The van der Waals surface area contributed by atoms with Gasteiger partial charge in [0.15, 0.2) is 0 Å². The molecule has 0 radical (unpaired) electrons. The Kier molecular flexibility index (Phi) is 2.57. The average molecular weight is 209 g/mol. The lowest BCUT2D eigenvalue weighted by Gasteiger charge is -2.35. The minimum absolute atomic E-state index is 0.0105. The van der Waals surface area contributed by atoms with E-state index in [9.17, 15) is 9.59 Å². The molecule has 0 aromatic rings. The summed E-state index contributed by atoms with van der Waals surface area (Å²) in [6, 6.07) is 0. The van der Waals surface area contributed by atoms with Crippen molar-refractivity contribution in [3.63, 3.8) is 0 Å². The number of amides is 2. The maximum absolute atomic E-state index is 12.2. The molecule has 0 aromatic carbocycles. The molecule has 0 bridgehead atoms. The van der Waals surface area contributed by atoms with Crippen molar-refractivity contribution in [2.45, 2.75) is 45.4 Å². The fourth-order valence-corrected chi connectivity index (χ4v) is 3.38. The summed E-state index contributed by atoms with van der Waals surface area (Å²) < 4.78 is 0. The molecule has 1 saturated carbocycles. The highest BCUT2D eigenvalue weighted by molar-refractivity contribution is 6.07. The Morgan fingerprint density at radius 3 is 2.80 bits per heavy atom. The first-order valence-corrected chi connectivity index (χ1v) is 5.95. The van der Waals surface area contributed by atoms with Crippen LogP contribution in [0.15, 0.2) is 0 Å². The van der Waals surface area contributed by atoms with Gasteiger partial charge in [-0.2, -0.15) is 0 Å². The Labute approximate surface area is 90.8 Å². The molecule has 3 heteroatoms. The van der Waals surface area contributed by atoms with Gasteiger partial charge in [0.25, 0.3) is 0 Å². The molecular formula is C12H19NO2. The predicted molar refractivity (Wildman–Crippen MR) is 57.1 cm³/mol. The van der Waals surface area contributed by atoms with Crippen LogP contribution >= 0.6 is 0 Å². The molecule has 2 aliphatic rings. The number of likely N-dealkylation sites (tertiary alicyclic amines) is 1. The Morgan fingerprint density at radius 2 is 2.13 bits per heavy atom. The van der Waals surface area contributed by atoms with Crippen LogP contribution in [-0.2, 0) is 9.59 Å². The largest absolute Gasteiger partial charge is 0.285 e. The number of rotatable bonds is 2. The van der Waals surface area contributed by atoms with Crippen LogP contribution in [0.4, 0.5) is 0 Å². The van der Waals surface area contributed by atoms with Gasteiger partial charge in [-0.1, -0.05) is 26.2 Å². The topological polar surface area (TPSA) is 37.4 Å². The third kappa shape index (κ3) is 1.32. The first kappa shape index (κ1) is 10.7. The SMILES string of the molecule is CCCC12CCCCC1C(=O)N(C)C2=O. The van der Waals surface area contributed by atoms with Gasteiger partial charge >= 0.3 is 0 Å². The van der Waals surface area contributed by atoms with E-state index in [0.717, 1.165) is 38.5 Å². The lowest BCUT2D eigenvalue weighted by Crippen LogP contribution is -2.37. The van der Waals surface area contributed by atoms with Gasteiger partial charge in [0, 0.05) is 7.05 Å². The van der Waals surface area contributed by atoms with Crippen LogP contribution in [0.2, 0.25) is 0 Å². The highest BCUT2D eigenvalue weighted by atomic mass is 16.2. The molecule has 0 aromatic heterocycles. The van der Waals surface area contributed by atoms with Crippen LogP contribution in [0.3, 0.4) is 0 Å². The van der Waals surface area contributed by atoms with Gasteiger partial charge in [-0.15, -0.1) is 0 Å². The van der Waals surface area contributed by atoms with E-state index in [-0.39, 0.29) is 23.1 Å². The number of fused-ring (bicyclic) bond motifs is 1. The van der Waals surface area contributed by atoms with Gasteiger partial charge in [0.2, 0.25) is 11.8 Å². The van der Waals surface area contributed by atoms with E-state index in [0.29, 0.717) is 0 Å². The van der Waals surface area contributed by atoms with Crippen molar-refractivity contribution in [3.8, 4) is 0 Å². The van der Waals surface area contributed by atoms with Crippen molar-refractivity contribution < 1.29 is 9.59 Å². The van der Waals surface area contributed by atoms with Crippen LogP contribution < -0.4 is 0 Å². The van der Waals surface area contributed by atoms with Gasteiger partial charge in [0.1, 0.15) is 0 Å². The predicted octanol–water partition coefficient (Wildman–Crippen LogP) is 1.96. The van der Waals surface area contributed by atoms with Gasteiger partial charge in [-0.3, -0.25) is 14.5 Å². The monoisotopic (exact) mass is 209 g/mol. The zero-order valence-electron chi connectivity index (χ0n) is 9.58. The fourth-order valence-electron chi connectivity index (χ4n) is 3.38. The molecule has 84 valence electrons. The Balaban J connectivity index is 2.36. The lowest BCUT2D eigenvalue weighted by molar-refractivity contribution is -0.140. The van der Waals surface area contributed by atoms with Crippen LogP contribution in [0.5, 0.6) is 0 Å². The molecule has 2 rings (SSSR count). The van der Waals surface area contributed by atoms with E-state index in [2.05, 4.69) is 6.92 Å². The van der Waals surface area contributed by atoms with E-state index in [1.165, 1.54) is 4.90 Å². The van der Waals surface area contributed by atoms with Gasteiger partial charge in [-0.25, -0.2) is 0 Å². The molecule has 3 nitrogen and oxygen atoms in total. The molecule has 0 spiro atoms. The second kappa shape index (κ2) is 3.62. The summed E-state index contributed by atoms with van der Waals surface area (Å²) >= 11 is 0. The summed E-state index contributed by atoms with van der Waals surface area (Å²) in [6.07, 6.45) is 5.90. The Morgan fingerprint density at radius 1 is 1.40 bits per heavy atom. The van der Waals surface area contributed by atoms with Crippen LogP contribution in [-0.4, -0.2) is 23.8 Å². The van der Waals surface area contributed by atoms with E-state index in [1.54, 1.807) is 7.05 Å². The summed E-state index contributed by atoms with van der Waals surface area (Å²) in [5, 5.41) is 0. The minimum atomic E-state index is -0.321. The minimum Gasteiger partial charge on any atom is -0.285 e. The van der Waals surface area contributed by atoms with Gasteiger partial charge < -0.3 is 0 Å². The standard InChI is InChI=1S/C12H19NO2/c1-3-7-12-8-5-4-6-9(12)10(14)13(2)11(12)15/h9H,3-8H2,1-2H3. The second-order valence-corrected chi connectivity index (χ2v) is 4.91. The third-order valence-electron chi connectivity index (χ3n) is 4.09. The third-order valence-corrected chi connectivity index (χ3v) is 4.09. The summed E-state index contributed by atoms with van der Waals surface area (Å²) in [7, 11) is 1.64. The maximum atomic E-state index is 12.2. The number of hydrogen-bond acceptors (Lipinski definition) is 2. The summed E-state index contributed by atoms with van der Waals surface area (Å²) in [4.78, 5) is 25.5. The Bertz CT molecular complexity index is 296. The van der Waals surface area contributed by atoms with E-state index >= 15 is 0 Å². The molecule has 15 heavy (non-hydrogen) atoms. The molecule has 2 amide bonds. The number of hydrogen-bond donors (Lipinski definition) is 0. The molecule has 2 fully saturated rings. The zero-order valence-corrected chi connectivity index (χ0v) is 9.58. The fraction of sp³-hybridized carbons (Fsp3) is 0.833. The quantitative estimate of drug-likeness (QED) is 0.652. The summed E-state index contributed by atoms with van der Waals surface area (Å²) in [5.74, 6) is 0.135. The Hall–Kier alpha value is -0.860. The van der Waals surface area contributed by atoms with Gasteiger partial charge in [-0.05, 0) is 19.3 Å².